The predicted octanol–water partition coefficient (Wildman–Crippen LogP) is 1.53. The number of carbonyl (C=O) groups excluding carboxylic acids is 1. The first-order valence-electron chi connectivity index (χ1n) is 6.04. The van der Waals surface area contributed by atoms with Gasteiger partial charge in [0.15, 0.2) is 0 Å². The number of halogens is 1. The number of aryl methyl sites for hydroxylation is 1. The van der Waals surface area contributed by atoms with Crippen molar-refractivity contribution in [1.82, 2.24) is 15.2 Å². The van der Waals surface area contributed by atoms with Gasteiger partial charge in [-0.05, 0) is 19.1 Å². The molecule has 3 N–H and O–H groups in total. The van der Waals surface area contributed by atoms with E-state index in [0.29, 0.717) is 29.5 Å². The number of hydrazine groups is 1. The van der Waals surface area contributed by atoms with Gasteiger partial charge in [-0.2, -0.15) is 5.10 Å². The lowest BCUT2D eigenvalue weighted by atomic mass is 10.2. The highest BCUT2D eigenvalue weighted by molar-refractivity contribution is 6.31. The van der Waals surface area contributed by atoms with E-state index < -0.39 is 5.91 Å². The van der Waals surface area contributed by atoms with Gasteiger partial charge in [0, 0.05) is 6.20 Å². The van der Waals surface area contributed by atoms with Crippen LogP contribution in [0.4, 0.5) is 0 Å². The zero-order valence-corrected chi connectivity index (χ0v) is 11.7. The molecule has 7 heteroatoms. The standard InChI is InChI=1S/C13H15ClN4O2/c1-9-11(14)8-18(17-9)6-7-20-12-5-3-2-4-10(12)13(19)16-15/h2-5,8H,6-7,15H2,1H3,(H,16,19). The molecule has 0 aliphatic heterocycles. The molecule has 1 aromatic carbocycles. The molecule has 0 aliphatic rings. The summed E-state index contributed by atoms with van der Waals surface area (Å²) in [6, 6.07) is 6.89. The maximum absolute atomic E-state index is 11.6. The SMILES string of the molecule is Cc1nn(CCOc2ccccc2C(=O)NN)cc1Cl. The molecular weight excluding hydrogens is 280 g/mol. The third-order valence-corrected chi connectivity index (χ3v) is 3.10. The second kappa shape index (κ2) is 6.40. The zero-order chi connectivity index (χ0) is 14.5. The van der Waals surface area contributed by atoms with Gasteiger partial charge in [-0.25, -0.2) is 5.84 Å². The van der Waals surface area contributed by atoms with Crippen LogP contribution in [0.2, 0.25) is 5.02 Å². The molecule has 1 heterocycles. The average Bonchev–Trinajstić information content (AvgIpc) is 2.77. The molecular formula is C13H15ClN4O2. The van der Waals surface area contributed by atoms with Crippen molar-refractivity contribution in [3.05, 3.63) is 46.7 Å². The molecule has 2 rings (SSSR count). The van der Waals surface area contributed by atoms with E-state index in [2.05, 4.69) is 10.5 Å². The predicted molar refractivity (Wildman–Crippen MR) is 75.6 cm³/mol. The van der Waals surface area contributed by atoms with E-state index in [0.717, 1.165) is 5.69 Å². The van der Waals surface area contributed by atoms with Gasteiger partial charge >= 0.3 is 0 Å². The fourth-order valence-corrected chi connectivity index (χ4v) is 1.87. The van der Waals surface area contributed by atoms with E-state index in [4.69, 9.17) is 22.2 Å². The maximum Gasteiger partial charge on any atom is 0.268 e. The van der Waals surface area contributed by atoms with Crippen LogP contribution in [0.15, 0.2) is 30.5 Å². The second-order valence-electron chi connectivity index (χ2n) is 4.14. The summed E-state index contributed by atoms with van der Waals surface area (Å²) < 4.78 is 7.29. The van der Waals surface area contributed by atoms with Gasteiger partial charge in [-0.1, -0.05) is 23.7 Å². The van der Waals surface area contributed by atoms with Crippen molar-refractivity contribution in [1.29, 1.82) is 0 Å². The van der Waals surface area contributed by atoms with Crippen LogP contribution in [0, 0.1) is 6.92 Å². The first-order valence-corrected chi connectivity index (χ1v) is 6.42. The molecule has 1 aromatic heterocycles. The molecule has 0 saturated heterocycles. The summed E-state index contributed by atoms with van der Waals surface area (Å²) in [6.45, 7) is 2.74. The highest BCUT2D eigenvalue weighted by Crippen LogP contribution is 2.18. The van der Waals surface area contributed by atoms with E-state index in [-0.39, 0.29) is 0 Å². The molecule has 0 radical (unpaired) electrons. The summed E-state index contributed by atoms with van der Waals surface area (Å²) in [5.41, 5.74) is 3.25. The number of amides is 1. The number of para-hydroxylation sites is 1. The molecule has 106 valence electrons. The number of rotatable bonds is 5. The third kappa shape index (κ3) is 3.28. The van der Waals surface area contributed by atoms with Crippen molar-refractivity contribution in [3.63, 3.8) is 0 Å². The Morgan fingerprint density at radius 3 is 2.90 bits per heavy atom. The molecule has 0 bridgehead atoms. The Morgan fingerprint density at radius 1 is 1.50 bits per heavy atom. The third-order valence-electron chi connectivity index (χ3n) is 2.73. The van der Waals surface area contributed by atoms with Gasteiger partial charge in [0.1, 0.15) is 12.4 Å². The number of nitrogen functional groups attached to an aromatic ring is 1. The van der Waals surface area contributed by atoms with Gasteiger partial charge in [0.25, 0.3) is 5.91 Å². The Balaban J connectivity index is 1.99. The average molecular weight is 295 g/mol. The van der Waals surface area contributed by atoms with Crippen LogP contribution >= 0.6 is 11.6 Å². The topological polar surface area (TPSA) is 82.2 Å². The Hall–Kier alpha value is -2.05. The highest BCUT2D eigenvalue weighted by Gasteiger charge is 2.10. The molecule has 0 spiro atoms. The van der Waals surface area contributed by atoms with Crippen molar-refractivity contribution < 1.29 is 9.53 Å². The smallest absolute Gasteiger partial charge is 0.268 e. The minimum atomic E-state index is -0.390. The largest absolute Gasteiger partial charge is 0.491 e. The monoisotopic (exact) mass is 294 g/mol. The molecule has 0 unspecified atom stereocenters. The van der Waals surface area contributed by atoms with Crippen molar-refractivity contribution in [2.45, 2.75) is 13.5 Å². The molecule has 1 amide bonds. The molecule has 0 atom stereocenters. The quantitative estimate of drug-likeness (QED) is 0.498. The van der Waals surface area contributed by atoms with Crippen LogP contribution in [0.25, 0.3) is 0 Å². The van der Waals surface area contributed by atoms with E-state index in [1.807, 2.05) is 6.92 Å². The normalized spacial score (nSPS) is 10.3. The lowest BCUT2D eigenvalue weighted by Gasteiger charge is -2.10. The van der Waals surface area contributed by atoms with Crippen LogP contribution in [0.1, 0.15) is 16.1 Å². The van der Waals surface area contributed by atoms with Crippen LogP contribution in [0.5, 0.6) is 5.75 Å². The highest BCUT2D eigenvalue weighted by atomic mass is 35.5. The van der Waals surface area contributed by atoms with E-state index >= 15 is 0 Å². The van der Waals surface area contributed by atoms with Crippen molar-refractivity contribution in [2.24, 2.45) is 5.84 Å². The lowest BCUT2D eigenvalue weighted by Crippen LogP contribution is -2.30. The summed E-state index contributed by atoms with van der Waals surface area (Å²) in [7, 11) is 0. The Kier molecular flexibility index (Phi) is 4.60. The number of ether oxygens (including phenoxy) is 1. The number of nitrogens with zero attached hydrogens (tertiary/aromatic N) is 2. The molecule has 20 heavy (non-hydrogen) atoms. The fraction of sp³-hybridized carbons (Fsp3) is 0.231. The number of nitrogens with one attached hydrogen (secondary N) is 1. The lowest BCUT2D eigenvalue weighted by molar-refractivity contribution is 0.0949. The number of nitrogens with two attached hydrogens (primary N) is 1. The van der Waals surface area contributed by atoms with Crippen LogP contribution < -0.4 is 16.0 Å². The number of benzene rings is 1. The maximum atomic E-state index is 11.6. The van der Waals surface area contributed by atoms with Gasteiger partial charge in [-0.3, -0.25) is 14.9 Å². The summed E-state index contributed by atoms with van der Waals surface area (Å²) in [5, 5.41) is 4.84. The molecule has 0 fully saturated rings. The summed E-state index contributed by atoms with van der Waals surface area (Å²) in [4.78, 5) is 11.6. The Labute approximate surface area is 121 Å². The number of hydrogen-bond acceptors (Lipinski definition) is 4. The van der Waals surface area contributed by atoms with Crippen LogP contribution in [-0.4, -0.2) is 22.3 Å². The van der Waals surface area contributed by atoms with Crippen LogP contribution in [0.3, 0.4) is 0 Å². The van der Waals surface area contributed by atoms with E-state index in [9.17, 15) is 4.79 Å². The van der Waals surface area contributed by atoms with Gasteiger partial charge in [-0.15, -0.1) is 0 Å². The Morgan fingerprint density at radius 2 is 2.25 bits per heavy atom. The zero-order valence-electron chi connectivity index (χ0n) is 11.0. The number of aromatic nitrogens is 2. The number of carbonyl (C=O) groups is 1. The summed E-state index contributed by atoms with van der Waals surface area (Å²) in [5.74, 6) is 5.22. The summed E-state index contributed by atoms with van der Waals surface area (Å²) >= 11 is 5.92. The van der Waals surface area contributed by atoms with Crippen molar-refractivity contribution >= 4 is 17.5 Å². The minimum absolute atomic E-state index is 0.367. The number of hydrogen-bond donors (Lipinski definition) is 2. The molecule has 2 aromatic rings. The van der Waals surface area contributed by atoms with Gasteiger partial charge < -0.3 is 4.74 Å². The van der Waals surface area contributed by atoms with Gasteiger partial charge in [0.2, 0.25) is 0 Å². The first-order chi connectivity index (χ1) is 9.61. The van der Waals surface area contributed by atoms with E-state index in [1.165, 1.54) is 0 Å². The van der Waals surface area contributed by atoms with Gasteiger partial charge in [0.05, 0.1) is 22.8 Å². The summed E-state index contributed by atoms with van der Waals surface area (Å²) in [6.07, 6.45) is 1.73. The van der Waals surface area contributed by atoms with Crippen LogP contribution in [-0.2, 0) is 6.54 Å². The molecule has 0 saturated carbocycles. The first kappa shape index (κ1) is 14.4. The van der Waals surface area contributed by atoms with E-state index in [1.54, 1.807) is 35.1 Å². The minimum Gasteiger partial charge on any atom is -0.491 e. The fourth-order valence-electron chi connectivity index (χ4n) is 1.72. The molecule has 6 nitrogen and oxygen atoms in total. The van der Waals surface area contributed by atoms with Crippen molar-refractivity contribution in [3.8, 4) is 5.75 Å². The Bertz CT molecular complexity index is 593. The van der Waals surface area contributed by atoms with Crippen molar-refractivity contribution in [2.75, 3.05) is 6.61 Å². The second-order valence-corrected chi connectivity index (χ2v) is 4.55. The molecule has 0 aliphatic carbocycles.